The maximum absolute atomic E-state index is 14.0. The molecule has 1 spiro atoms. The molecule has 15 nitrogen and oxygen atoms in total. The number of carbonyl (C=O) groups is 1. The molecule has 4 N–H and O–H groups in total. The Morgan fingerprint density at radius 2 is 1.72 bits per heavy atom. The quantitative estimate of drug-likeness (QED) is 0.0612. The second-order valence-corrected chi connectivity index (χ2v) is 22.4. The van der Waals surface area contributed by atoms with Crippen molar-refractivity contribution in [1.29, 1.82) is 0 Å². The summed E-state index contributed by atoms with van der Waals surface area (Å²) >= 11 is 0. The highest BCUT2D eigenvalue weighted by atomic mass is 32.2. The van der Waals surface area contributed by atoms with Crippen molar-refractivity contribution < 1.29 is 28.0 Å². The SMILES string of the molecule is CC(C)c1ccccc1C1CN(C(C)C)CCN1C1CC2(CCN(c3ccc(C(=O)NS(=O)(=O)c4ccc(NCC5CCC(C)(O)CC5)c([N+](=O)[O-])c4)c(Oc4cnc5[nH]ccc5c4)c3)CC2)C1. The van der Waals surface area contributed by atoms with E-state index in [1.807, 2.05) is 19.1 Å². The third kappa shape index (κ3) is 10.1. The fraction of sp³-hybridized carbons (Fsp3) is 0.500. The van der Waals surface area contributed by atoms with E-state index in [0.29, 0.717) is 54.8 Å². The van der Waals surface area contributed by atoms with Gasteiger partial charge in [0, 0.05) is 86.8 Å². The number of amides is 1. The van der Waals surface area contributed by atoms with Crippen LogP contribution in [0.15, 0.2) is 90.1 Å². The third-order valence-electron chi connectivity index (χ3n) is 15.4. The lowest BCUT2D eigenvalue weighted by Gasteiger charge is -2.58. The van der Waals surface area contributed by atoms with Gasteiger partial charge in [-0.15, -0.1) is 0 Å². The van der Waals surface area contributed by atoms with E-state index in [2.05, 4.69) is 86.7 Å². The molecule has 3 aromatic carbocycles. The van der Waals surface area contributed by atoms with Gasteiger partial charge in [0.15, 0.2) is 0 Å². The lowest BCUT2D eigenvalue weighted by atomic mass is 9.59. The molecule has 4 fully saturated rings. The van der Waals surface area contributed by atoms with Gasteiger partial charge in [0.2, 0.25) is 0 Å². The first-order valence-electron chi connectivity index (χ1n) is 24.4. The summed E-state index contributed by atoms with van der Waals surface area (Å²) in [6, 6.07) is 22.8. The van der Waals surface area contributed by atoms with Crippen molar-refractivity contribution >= 4 is 44.0 Å². The molecule has 2 aliphatic heterocycles. The van der Waals surface area contributed by atoms with Crippen LogP contribution in [-0.4, -0.2) is 101 Å². The number of ether oxygens (including phenoxy) is 1. The van der Waals surface area contributed by atoms with Gasteiger partial charge in [-0.05, 0) is 137 Å². The summed E-state index contributed by atoms with van der Waals surface area (Å²) in [5.41, 5.74) is 3.72. The highest BCUT2D eigenvalue weighted by molar-refractivity contribution is 7.90. The van der Waals surface area contributed by atoms with Gasteiger partial charge in [0.25, 0.3) is 21.6 Å². The first-order valence-corrected chi connectivity index (χ1v) is 25.9. The molecule has 1 atom stereocenters. The number of aromatic nitrogens is 2. The molecule has 1 unspecified atom stereocenters. The van der Waals surface area contributed by atoms with Crippen LogP contribution in [0.5, 0.6) is 11.5 Å². The van der Waals surface area contributed by atoms with E-state index in [1.54, 1.807) is 30.6 Å². The molecule has 9 rings (SSSR count). The van der Waals surface area contributed by atoms with Crippen LogP contribution in [0.25, 0.3) is 11.0 Å². The molecule has 1 amide bonds. The van der Waals surface area contributed by atoms with Gasteiger partial charge >= 0.3 is 0 Å². The number of hydrogen-bond donors (Lipinski definition) is 4. The molecule has 4 aliphatic rings. The zero-order chi connectivity index (χ0) is 48.0. The number of carbonyl (C=O) groups excluding carboxylic acids is 1. The van der Waals surface area contributed by atoms with E-state index >= 15 is 0 Å². The van der Waals surface area contributed by atoms with Gasteiger partial charge in [0.05, 0.1) is 27.2 Å². The van der Waals surface area contributed by atoms with E-state index < -0.39 is 37.0 Å². The molecule has 5 aromatic rings. The zero-order valence-corrected chi connectivity index (χ0v) is 40.7. The minimum Gasteiger partial charge on any atom is -0.455 e. The normalized spacial score (nSPS) is 22.7. The summed E-state index contributed by atoms with van der Waals surface area (Å²) in [4.78, 5) is 40.5. The molecular weight excluding hydrogens is 881 g/mol. The zero-order valence-electron chi connectivity index (χ0n) is 39.9. The Hall–Kier alpha value is -5.55. The first-order chi connectivity index (χ1) is 32.5. The van der Waals surface area contributed by atoms with Crippen LogP contribution in [0.1, 0.15) is 119 Å². The van der Waals surface area contributed by atoms with Crippen molar-refractivity contribution in [2.24, 2.45) is 11.3 Å². The van der Waals surface area contributed by atoms with Crippen molar-refractivity contribution in [3.05, 3.63) is 112 Å². The molecule has 0 radical (unpaired) electrons. The van der Waals surface area contributed by atoms with Crippen LogP contribution in [0, 0.1) is 21.4 Å². The third-order valence-corrected chi connectivity index (χ3v) is 16.8. The number of piperazine rings is 1. The largest absolute Gasteiger partial charge is 0.455 e. The molecule has 68 heavy (non-hydrogen) atoms. The van der Waals surface area contributed by atoms with Gasteiger partial charge in [-0.2, -0.15) is 0 Å². The molecule has 2 aliphatic carbocycles. The van der Waals surface area contributed by atoms with Crippen LogP contribution in [-0.2, 0) is 10.0 Å². The molecule has 2 saturated heterocycles. The molecule has 362 valence electrons. The summed E-state index contributed by atoms with van der Waals surface area (Å²) in [6.45, 7) is 16.3. The highest BCUT2D eigenvalue weighted by Crippen LogP contribution is 2.53. The van der Waals surface area contributed by atoms with Crippen molar-refractivity contribution in [2.45, 2.75) is 121 Å². The number of anilines is 2. The Morgan fingerprint density at radius 3 is 2.44 bits per heavy atom. The predicted octanol–water partition coefficient (Wildman–Crippen LogP) is 9.37. The number of piperidine rings is 1. The lowest BCUT2D eigenvalue weighted by Crippen LogP contribution is -2.60. The van der Waals surface area contributed by atoms with Crippen molar-refractivity contribution in [3.63, 3.8) is 0 Å². The minimum absolute atomic E-state index is 0.0211. The Balaban J connectivity index is 0.900. The number of nitro groups is 1. The van der Waals surface area contributed by atoms with Crippen LogP contribution >= 0.6 is 0 Å². The first kappa shape index (κ1) is 47.5. The van der Waals surface area contributed by atoms with Crippen molar-refractivity contribution in [3.8, 4) is 11.5 Å². The Morgan fingerprint density at radius 1 is 0.971 bits per heavy atom. The second-order valence-electron chi connectivity index (χ2n) is 20.7. The number of H-pyrrole nitrogens is 1. The molecular formula is C52H66N8O7S. The number of nitrogens with one attached hydrogen (secondary N) is 3. The molecule has 0 bridgehead atoms. The molecule has 4 heterocycles. The van der Waals surface area contributed by atoms with E-state index in [0.717, 1.165) is 75.5 Å². The molecule has 2 aromatic heterocycles. The average Bonchev–Trinajstić information content (AvgIpc) is 3.78. The molecule has 16 heteroatoms. The van der Waals surface area contributed by atoms with Crippen molar-refractivity contribution in [1.82, 2.24) is 24.5 Å². The number of sulfonamides is 1. The van der Waals surface area contributed by atoms with Gasteiger partial charge in [0.1, 0.15) is 22.8 Å². The fourth-order valence-corrected chi connectivity index (χ4v) is 12.2. The van der Waals surface area contributed by atoms with Gasteiger partial charge in [-0.25, -0.2) is 18.1 Å². The number of hydrogen-bond acceptors (Lipinski definition) is 12. The second kappa shape index (κ2) is 19.1. The van der Waals surface area contributed by atoms with Gasteiger partial charge < -0.3 is 25.0 Å². The summed E-state index contributed by atoms with van der Waals surface area (Å²) in [6.07, 6.45) is 10.5. The number of benzene rings is 3. The fourth-order valence-electron chi connectivity index (χ4n) is 11.2. The monoisotopic (exact) mass is 946 g/mol. The summed E-state index contributed by atoms with van der Waals surface area (Å²) in [5.74, 6) is 0.236. The number of pyridine rings is 1. The topological polar surface area (TPSA) is 186 Å². The van der Waals surface area contributed by atoms with E-state index in [-0.39, 0.29) is 28.3 Å². The number of rotatable bonds is 14. The number of nitro benzene ring substituents is 1. The number of fused-ring (bicyclic) bond motifs is 1. The smallest absolute Gasteiger partial charge is 0.293 e. The number of aromatic amines is 1. The summed E-state index contributed by atoms with van der Waals surface area (Å²) < 4.78 is 36.1. The highest BCUT2D eigenvalue weighted by Gasteiger charge is 2.50. The van der Waals surface area contributed by atoms with E-state index in [4.69, 9.17) is 4.74 Å². The number of aliphatic hydroxyl groups is 1. The maximum Gasteiger partial charge on any atom is 0.293 e. The average molecular weight is 947 g/mol. The van der Waals surface area contributed by atoms with Crippen LogP contribution < -0.4 is 19.7 Å². The van der Waals surface area contributed by atoms with Crippen molar-refractivity contribution in [2.75, 3.05) is 49.5 Å². The summed E-state index contributed by atoms with van der Waals surface area (Å²) in [7, 11) is -4.57. The van der Waals surface area contributed by atoms with Gasteiger partial charge in [-0.3, -0.25) is 24.7 Å². The lowest BCUT2D eigenvalue weighted by molar-refractivity contribution is -0.384. The Bertz CT molecular complexity index is 2750. The molecule has 2 saturated carbocycles. The van der Waals surface area contributed by atoms with E-state index in [1.165, 1.54) is 36.1 Å². The van der Waals surface area contributed by atoms with E-state index in [9.17, 15) is 28.4 Å². The van der Waals surface area contributed by atoms with Crippen LogP contribution in [0.2, 0.25) is 0 Å². The summed E-state index contributed by atoms with van der Waals surface area (Å²) in [5, 5.41) is 26.4. The standard InChI is InChI=1S/C52H66N8O7S/c1-34(2)42-8-6-7-9-43(42)47-33-58(35(3)4)24-25-59(47)39-29-52(30-39)19-22-57(23-20-52)38-10-12-44(48(27-38)67-40-26-37-16-21-53-49(37)55-32-40)50(61)56-68(65,66)41-11-13-45(46(28-41)60(63)64)54-31-36-14-17-51(5,62)18-15-36/h6-13,16,21,26-28,32,34-36,39,47,54,62H,14-15,17-20,22-25,29-31,33H2,1-5H3,(H,53,55)(H,56,61). The number of nitrogens with zero attached hydrogens (tertiary/aromatic N) is 5. The Labute approximate surface area is 399 Å². The maximum atomic E-state index is 14.0. The van der Waals surface area contributed by atoms with Crippen LogP contribution in [0.3, 0.4) is 0 Å². The minimum atomic E-state index is -4.57. The van der Waals surface area contributed by atoms with Crippen LogP contribution in [0.4, 0.5) is 17.1 Å². The Kier molecular flexibility index (Phi) is 13.3. The van der Waals surface area contributed by atoms with Gasteiger partial charge in [-0.1, -0.05) is 38.1 Å². The predicted molar refractivity (Wildman–Crippen MR) is 265 cm³/mol.